The summed E-state index contributed by atoms with van der Waals surface area (Å²) in [4.78, 5) is 40.3. The smallest absolute Gasteiger partial charge is 0.338 e. The molecule has 0 aliphatic carbocycles. The molecule has 1 aliphatic heterocycles. The van der Waals surface area contributed by atoms with Crippen molar-refractivity contribution in [2.24, 2.45) is 5.92 Å². The second-order valence-electron chi connectivity index (χ2n) is 9.14. The molecule has 1 aromatic carbocycles. The van der Waals surface area contributed by atoms with Crippen LogP contribution in [0.5, 0.6) is 0 Å². The van der Waals surface area contributed by atoms with Crippen molar-refractivity contribution in [2.75, 3.05) is 39.7 Å². The Labute approximate surface area is 227 Å². The molecule has 1 fully saturated rings. The van der Waals surface area contributed by atoms with E-state index in [4.69, 9.17) is 28.0 Å². The molecule has 12 nitrogen and oxygen atoms in total. The molecule has 1 N–H and O–H groups in total. The van der Waals surface area contributed by atoms with Crippen molar-refractivity contribution in [1.82, 2.24) is 9.55 Å². The number of methoxy groups -OCH3 is 1. The SMILES string of the molecule is CCOP(=O)(CC(C)[C@H]1O[C@@H](n2cc(C)c(=O)[nH]c2=O)[C@H](OCCOC)[C@@H]1OC(=O)c1ccccc1)OCC. The lowest BCUT2D eigenvalue weighted by molar-refractivity contribution is -0.0832. The molecule has 0 spiro atoms. The summed E-state index contributed by atoms with van der Waals surface area (Å²) in [6.07, 6.45) is -2.61. The standard InChI is InChI=1S/C26H37N2O10P/c1-6-35-39(32,36-7-2)16-18(4)20-21(38-25(30)19-11-9-8-10-12-19)22(34-14-13-33-5)24(37-20)28-15-17(3)23(29)27-26(28)31/h8-12,15,18,20-22,24H,6-7,13-14,16H2,1-5H3,(H,27,29,31)/t18?,20-,21-,22-,24-/m1/s1. The summed E-state index contributed by atoms with van der Waals surface area (Å²) in [5.74, 6) is -1.15. The lowest BCUT2D eigenvalue weighted by Gasteiger charge is -2.28. The topological polar surface area (TPSA) is 144 Å². The fraction of sp³-hybridized carbons (Fsp3) is 0.577. The number of hydrogen-bond donors (Lipinski definition) is 1. The second-order valence-corrected chi connectivity index (χ2v) is 11.2. The highest BCUT2D eigenvalue weighted by Crippen LogP contribution is 2.51. The first kappa shape index (κ1) is 30.9. The summed E-state index contributed by atoms with van der Waals surface area (Å²) in [5, 5.41) is 0. The van der Waals surface area contributed by atoms with Gasteiger partial charge in [-0.3, -0.25) is 18.9 Å². The van der Waals surface area contributed by atoms with Crippen LogP contribution in [0.2, 0.25) is 0 Å². The van der Waals surface area contributed by atoms with Gasteiger partial charge in [-0.1, -0.05) is 25.1 Å². The van der Waals surface area contributed by atoms with Gasteiger partial charge in [0.05, 0.1) is 38.2 Å². The Bertz CT molecular complexity index is 1240. The zero-order valence-electron chi connectivity index (χ0n) is 22.9. The molecule has 2 heterocycles. The van der Waals surface area contributed by atoms with Gasteiger partial charge in [-0.15, -0.1) is 0 Å². The molecular formula is C26H37N2O10P. The molecule has 216 valence electrons. The number of hydrogen-bond acceptors (Lipinski definition) is 10. The van der Waals surface area contributed by atoms with Crippen LogP contribution in [0.3, 0.4) is 0 Å². The Morgan fingerprint density at radius 2 is 1.77 bits per heavy atom. The first-order chi connectivity index (χ1) is 18.6. The molecule has 0 saturated carbocycles. The molecule has 0 amide bonds. The summed E-state index contributed by atoms with van der Waals surface area (Å²) >= 11 is 0. The number of H-pyrrole nitrogens is 1. The number of aromatic amines is 1. The largest absolute Gasteiger partial charge is 0.453 e. The first-order valence-electron chi connectivity index (χ1n) is 12.9. The molecule has 1 aliphatic rings. The Morgan fingerprint density at radius 3 is 2.38 bits per heavy atom. The van der Waals surface area contributed by atoms with Gasteiger partial charge in [-0.2, -0.15) is 0 Å². The van der Waals surface area contributed by atoms with Gasteiger partial charge in [0, 0.05) is 18.9 Å². The highest BCUT2D eigenvalue weighted by molar-refractivity contribution is 7.53. The highest BCUT2D eigenvalue weighted by Gasteiger charge is 2.52. The van der Waals surface area contributed by atoms with E-state index in [0.717, 1.165) is 0 Å². The predicted molar refractivity (Wildman–Crippen MR) is 142 cm³/mol. The van der Waals surface area contributed by atoms with E-state index in [1.165, 1.54) is 17.9 Å². The van der Waals surface area contributed by atoms with Gasteiger partial charge in [-0.25, -0.2) is 9.59 Å². The molecule has 3 rings (SSSR count). The molecule has 0 radical (unpaired) electrons. The van der Waals surface area contributed by atoms with Crippen LogP contribution in [0.25, 0.3) is 0 Å². The molecule has 0 bridgehead atoms. The van der Waals surface area contributed by atoms with Crippen molar-refractivity contribution in [3.05, 3.63) is 68.5 Å². The third kappa shape index (κ3) is 7.75. The van der Waals surface area contributed by atoms with Crippen LogP contribution in [0.4, 0.5) is 0 Å². The minimum absolute atomic E-state index is 0.0319. The van der Waals surface area contributed by atoms with Gasteiger partial charge >= 0.3 is 19.3 Å². The lowest BCUT2D eigenvalue weighted by atomic mass is 9.99. The average Bonchev–Trinajstić information content (AvgIpc) is 3.24. The van der Waals surface area contributed by atoms with Crippen LogP contribution in [0.15, 0.2) is 46.1 Å². The highest BCUT2D eigenvalue weighted by atomic mass is 31.2. The van der Waals surface area contributed by atoms with Gasteiger partial charge in [0.15, 0.2) is 12.3 Å². The fourth-order valence-corrected chi connectivity index (χ4v) is 6.44. The van der Waals surface area contributed by atoms with E-state index in [1.54, 1.807) is 58.0 Å². The number of esters is 1. The van der Waals surface area contributed by atoms with Gasteiger partial charge < -0.3 is 28.0 Å². The number of ether oxygens (including phenoxy) is 4. The third-order valence-corrected chi connectivity index (χ3v) is 8.55. The van der Waals surface area contributed by atoms with Crippen molar-refractivity contribution < 1.29 is 37.4 Å². The maximum atomic E-state index is 13.4. The lowest BCUT2D eigenvalue weighted by Crippen LogP contribution is -2.43. The van der Waals surface area contributed by atoms with Gasteiger partial charge in [0.25, 0.3) is 5.56 Å². The number of carbonyl (C=O) groups is 1. The van der Waals surface area contributed by atoms with Crippen molar-refractivity contribution >= 4 is 13.6 Å². The Hall–Kier alpha value is -2.60. The number of aryl methyl sites for hydroxylation is 1. The van der Waals surface area contributed by atoms with E-state index in [-0.39, 0.29) is 38.2 Å². The summed E-state index contributed by atoms with van der Waals surface area (Å²) in [6, 6.07) is 8.42. The van der Waals surface area contributed by atoms with E-state index in [9.17, 15) is 18.9 Å². The summed E-state index contributed by atoms with van der Waals surface area (Å²) in [6.45, 7) is 7.45. The monoisotopic (exact) mass is 568 g/mol. The molecule has 2 aromatic rings. The number of aromatic nitrogens is 2. The molecule has 5 atom stereocenters. The van der Waals surface area contributed by atoms with Crippen molar-refractivity contribution in [1.29, 1.82) is 0 Å². The van der Waals surface area contributed by atoms with Crippen molar-refractivity contribution in [3.63, 3.8) is 0 Å². The van der Waals surface area contributed by atoms with Crippen LogP contribution in [0, 0.1) is 12.8 Å². The zero-order valence-corrected chi connectivity index (χ0v) is 23.8. The first-order valence-corrected chi connectivity index (χ1v) is 14.6. The second kappa shape index (κ2) is 14.2. The Morgan fingerprint density at radius 1 is 1.10 bits per heavy atom. The van der Waals surface area contributed by atoms with E-state index < -0.39 is 55.3 Å². The minimum Gasteiger partial charge on any atom is -0.453 e. The zero-order chi connectivity index (χ0) is 28.6. The third-order valence-electron chi connectivity index (χ3n) is 6.22. The van der Waals surface area contributed by atoms with Gasteiger partial charge in [0.1, 0.15) is 12.2 Å². The Balaban J connectivity index is 2.04. The van der Waals surface area contributed by atoms with E-state index >= 15 is 0 Å². The molecular weight excluding hydrogens is 531 g/mol. The number of nitrogens with zero attached hydrogens (tertiary/aromatic N) is 1. The van der Waals surface area contributed by atoms with Crippen LogP contribution < -0.4 is 11.2 Å². The molecule has 13 heteroatoms. The number of rotatable bonds is 14. The fourth-order valence-electron chi connectivity index (χ4n) is 4.46. The molecule has 1 aromatic heterocycles. The Kier molecular flexibility index (Phi) is 11.2. The summed E-state index contributed by atoms with van der Waals surface area (Å²) in [7, 11) is -1.99. The molecule has 39 heavy (non-hydrogen) atoms. The van der Waals surface area contributed by atoms with Crippen molar-refractivity contribution in [3.8, 4) is 0 Å². The maximum absolute atomic E-state index is 13.4. The van der Waals surface area contributed by atoms with Crippen molar-refractivity contribution in [2.45, 2.75) is 52.2 Å². The quantitative estimate of drug-likeness (QED) is 0.205. The maximum Gasteiger partial charge on any atom is 0.338 e. The normalized spacial score (nSPS) is 22.1. The predicted octanol–water partition coefficient (Wildman–Crippen LogP) is 2.90. The average molecular weight is 569 g/mol. The van der Waals surface area contributed by atoms with E-state index in [2.05, 4.69) is 4.98 Å². The van der Waals surface area contributed by atoms with Crippen LogP contribution in [-0.2, 0) is 32.6 Å². The number of carbonyl (C=O) groups excluding carboxylic acids is 1. The molecule has 1 unspecified atom stereocenters. The van der Waals surface area contributed by atoms with Gasteiger partial charge in [-0.05, 0) is 38.8 Å². The minimum atomic E-state index is -3.51. The van der Waals surface area contributed by atoms with Crippen LogP contribution in [0.1, 0.15) is 42.9 Å². The van der Waals surface area contributed by atoms with E-state index in [1.807, 2.05) is 0 Å². The number of benzene rings is 1. The van der Waals surface area contributed by atoms with Gasteiger partial charge in [0.2, 0.25) is 0 Å². The van der Waals surface area contributed by atoms with E-state index in [0.29, 0.717) is 5.56 Å². The van der Waals surface area contributed by atoms with Crippen LogP contribution >= 0.6 is 7.60 Å². The molecule has 1 saturated heterocycles. The van der Waals surface area contributed by atoms with Crippen LogP contribution in [-0.4, -0.2) is 73.5 Å². The number of nitrogens with one attached hydrogen (secondary N) is 1. The summed E-state index contributed by atoms with van der Waals surface area (Å²) in [5.41, 5.74) is -0.654. The summed E-state index contributed by atoms with van der Waals surface area (Å²) < 4.78 is 49.0.